The highest BCUT2D eigenvalue weighted by atomic mass is 16.5. The van der Waals surface area contributed by atoms with Crippen LogP contribution in [0.2, 0.25) is 0 Å². The Morgan fingerprint density at radius 3 is 2.89 bits per heavy atom. The van der Waals surface area contributed by atoms with Gasteiger partial charge in [-0.25, -0.2) is 4.98 Å². The first-order chi connectivity index (χ1) is 9.28. The van der Waals surface area contributed by atoms with Gasteiger partial charge in [-0.2, -0.15) is 0 Å². The molecule has 98 valence electrons. The van der Waals surface area contributed by atoms with Gasteiger partial charge in [0.1, 0.15) is 17.3 Å². The molecule has 1 aromatic carbocycles. The summed E-state index contributed by atoms with van der Waals surface area (Å²) in [5, 5.41) is 0. The monoisotopic (exact) mass is 256 g/mol. The lowest BCUT2D eigenvalue weighted by Gasteiger charge is -2.02. The predicted molar refractivity (Wildman–Crippen MR) is 73.4 cm³/mol. The van der Waals surface area contributed by atoms with Gasteiger partial charge in [-0.15, -0.1) is 0 Å². The third kappa shape index (κ3) is 2.21. The SMILES string of the molecule is COc1ccc2nc(CCc3ccco3)n(C)c2c1. The number of aryl methyl sites for hydroxylation is 3. The predicted octanol–water partition coefficient (Wildman–Crippen LogP) is 2.96. The van der Waals surface area contributed by atoms with E-state index in [0.29, 0.717) is 0 Å². The molecule has 0 fully saturated rings. The van der Waals surface area contributed by atoms with Crippen molar-refractivity contribution < 1.29 is 9.15 Å². The molecular weight excluding hydrogens is 240 g/mol. The molecule has 0 N–H and O–H groups in total. The molecule has 0 saturated carbocycles. The van der Waals surface area contributed by atoms with Crippen molar-refractivity contribution in [3.8, 4) is 5.75 Å². The largest absolute Gasteiger partial charge is 0.497 e. The van der Waals surface area contributed by atoms with Gasteiger partial charge < -0.3 is 13.7 Å². The minimum absolute atomic E-state index is 0.855. The number of ether oxygens (including phenoxy) is 1. The van der Waals surface area contributed by atoms with Gasteiger partial charge in [-0.05, 0) is 24.3 Å². The molecule has 0 aliphatic rings. The molecule has 19 heavy (non-hydrogen) atoms. The van der Waals surface area contributed by atoms with Gasteiger partial charge in [0, 0.05) is 26.0 Å². The molecule has 0 bridgehead atoms. The van der Waals surface area contributed by atoms with E-state index in [0.717, 1.165) is 41.2 Å². The second kappa shape index (κ2) is 4.80. The van der Waals surface area contributed by atoms with Gasteiger partial charge in [0.15, 0.2) is 0 Å². The number of aromatic nitrogens is 2. The maximum absolute atomic E-state index is 5.35. The fourth-order valence-electron chi connectivity index (χ4n) is 2.26. The first kappa shape index (κ1) is 11.8. The zero-order valence-electron chi connectivity index (χ0n) is 11.1. The molecule has 2 heterocycles. The summed E-state index contributed by atoms with van der Waals surface area (Å²) < 4.78 is 12.7. The number of rotatable bonds is 4. The number of furan rings is 1. The van der Waals surface area contributed by atoms with Gasteiger partial charge in [-0.3, -0.25) is 0 Å². The zero-order valence-corrected chi connectivity index (χ0v) is 11.1. The second-order valence-corrected chi connectivity index (χ2v) is 4.52. The van der Waals surface area contributed by atoms with Crippen LogP contribution in [0.25, 0.3) is 11.0 Å². The van der Waals surface area contributed by atoms with E-state index in [9.17, 15) is 0 Å². The fourth-order valence-corrected chi connectivity index (χ4v) is 2.26. The van der Waals surface area contributed by atoms with Crippen LogP contribution in [0, 0.1) is 0 Å². The Morgan fingerprint density at radius 1 is 1.26 bits per heavy atom. The van der Waals surface area contributed by atoms with Crippen molar-refractivity contribution in [3.05, 3.63) is 48.2 Å². The van der Waals surface area contributed by atoms with E-state index in [4.69, 9.17) is 9.15 Å². The second-order valence-electron chi connectivity index (χ2n) is 4.52. The van der Waals surface area contributed by atoms with Gasteiger partial charge in [0.2, 0.25) is 0 Å². The van der Waals surface area contributed by atoms with Crippen LogP contribution in [0.1, 0.15) is 11.6 Å². The van der Waals surface area contributed by atoms with E-state index >= 15 is 0 Å². The first-order valence-electron chi connectivity index (χ1n) is 6.29. The summed E-state index contributed by atoms with van der Waals surface area (Å²) in [5.41, 5.74) is 2.09. The lowest BCUT2D eigenvalue weighted by Crippen LogP contribution is -1.99. The van der Waals surface area contributed by atoms with E-state index in [-0.39, 0.29) is 0 Å². The van der Waals surface area contributed by atoms with Gasteiger partial charge in [0.05, 0.1) is 24.4 Å². The van der Waals surface area contributed by atoms with Crippen molar-refractivity contribution in [2.45, 2.75) is 12.8 Å². The molecular formula is C15H16N2O2. The summed E-state index contributed by atoms with van der Waals surface area (Å²) in [6, 6.07) is 9.84. The molecule has 0 amide bonds. The Morgan fingerprint density at radius 2 is 2.16 bits per heavy atom. The summed E-state index contributed by atoms with van der Waals surface area (Å²) in [6.45, 7) is 0. The van der Waals surface area contributed by atoms with Crippen molar-refractivity contribution in [1.29, 1.82) is 0 Å². The summed E-state index contributed by atoms with van der Waals surface area (Å²) in [4.78, 5) is 4.65. The van der Waals surface area contributed by atoms with Crippen molar-refractivity contribution >= 4 is 11.0 Å². The highest BCUT2D eigenvalue weighted by molar-refractivity contribution is 5.77. The number of fused-ring (bicyclic) bond motifs is 1. The maximum atomic E-state index is 5.35. The lowest BCUT2D eigenvalue weighted by molar-refractivity contribution is 0.415. The summed E-state index contributed by atoms with van der Waals surface area (Å²) in [5.74, 6) is 2.90. The minimum atomic E-state index is 0.855. The van der Waals surface area contributed by atoms with Crippen molar-refractivity contribution in [3.63, 3.8) is 0 Å². The number of hydrogen-bond acceptors (Lipinski definition) is 3. The molecule has 0 saturated heterocycles. The molecule has 4 nitrogen and oxygen atoms in total. The van der Waals surface area contributed by atoms with Gasteiger partial charge >= 0.3 is 0 Å². The molecule has 0 aliphatic heterocycles. The van der Waals surface area contributed by atoms with E-state index in [1.54, 1.807) is 13.4 Å². The van der Waals surface area contributed by atoms with Crippen molar-refractivity contribution in [1.82, 2.24) is 9.55 Å². The minimum Gasteiger partial charge on any atom is -0.497 e. The molecule has 0 spiro atoms. The average molecular weight is 256 g/mol. The van der Waals surface area contributed by atoms with Gasteiger partial charge in [0.25, 0.3) is 0 Å². The van der Waals surface area contributed by atoms with Crippen LogP contribution in [0.15, 0.2) is 41.0 Å². The third-order valence-corrected chi connectivity index (χ3v) is 3.36. The van der Waals surface area contributed by atoms with Crippen LogP contribution >= 0.6 is 0 Å². The molecule has 4 heteroatoms. The number of methoxy groups -OCH3 is 1. The molecule has 0 aliphatic carbocycles. The lowest BCUT2D eigenvalue weighted by atomic mass is 10.2. The third-order valence-electron chi connectivity index (χ3n) is 3.36. The van der Waals surface area contributed by atoms with Gasteiger partial charge in [-0.1, -0.05) is 0 Å². The molecule has 0 atom stereocenters. The summed E-state index contributed by atoms with van der Waals surface area (Å²) in [6.07, 6.45) is 3.43. The van der Waals surface area contributed by atoms with Crippen LogP contribution in [0.4, 0.5) is 0 Å². The quantitative estimate of drug-likeness (QED) is 0.720. The smallest absolute Gasteiger partial charge is 0.121 e. The van der Waals surface area contributed by atoms with E-state index < -0.39 is 0 Å². The first-order valence-corrected chi connectivity index (χ1v) is 6.29. The summed E-state index contributed by atoms with van der Waals surface area (Å²) in [7, 11) is 3.71. The summed E-state index contributed by atoms with van der Waals surface area (Å²) >= 11 is 0. The Bertz CT molecular complexity index is 684. The Hall–Kier alpha value is -2.23. The van der Waals surface area contributed by atoms with Crippen molar-refractivity contribution in [2.24, 2.45) is 7.05 Å². The van der Waals surface area contributed by atoms with Crippen LogP contribution in [0.5, 0.6) is 5.75 Å². The number of benzene rings is 1. The Labute approximate surface area is 111 Å². The molecule has 3 aromatic rings. The van der Waals surface area contributed by atoms with Crippen LogP contribution in [0.3, 0.4) is 0 Å². The van der Waals surface area contributed by atoms with Crippen LogP contribution in [-0.4, -0.2) is 16.7 Å². The Balaban J connectivity index is 1.89. The van der Waals surface area contributed by atoms with E-state index in [1.165, 1.54) is 0 Å². The zero-order chi connectivity index (χ0) is 13.2. The molecule has 0 unspecified atom stereocenters. The Kier molecular flexibility index (Phi) is 2.99. The number of hydrogen-bond donors (Lipinski definition) is 0. The van der Waals surface area contributed by atoms with E-state index in [2.05, 4.69) is 9.55 Å². The van der Waals surface area contributed by atoms with Crippen LogP contribution < -0.4 is 4.74 Å². The average Bonchev–Trinajstić information content (AvgIpc) is 3.05. The molecule has 2 aromatic heterocycles. The maximum Gasteiger partial charge on any atom is 0.121 e. The molecule has 0 radical (unpaired) electrons. The van der Waals surface area contributed by atoms with E-state index in [1.807, 2.05) is 37.4 Å². The van der Waals surface area contributed by atoms with Crippen LogP contribution in [-0.2, 0) is 19.9 Å². The highest BCUT2D eigenvalue weighted by Gasteiger charge is 2.09. The fraction of sp³-hybridized carbons (Fsp3) is 0.267. The topological polar surface area (TPSA) is 40.2 Å². The molecule has 3 rings (SSSR count). The number of imidazole rings is 1. The highest BCUT2D eigenvalue weighted by Crippen LogP contribution is 2.21. The van der Waals surface area contributed by atoms with Crippen molar-refractivity contribution in [2.75, 3.05) is 7.11 Å². The standard InChI is InChI=1S/C15H16N2O2/c1-17-14-10-12(18-2)5-7-13(14)16-15(17)8-6-11-4-3-9-19-11/h3-5,7,9-10H,6,8H2,1-2H3. The number of nitrogens with zero attached hydrogens (tertiary/aromatic N) is 2. The normalized spacial score (nSPS) is 11.1.